The first kappa shape index (κ1) is 24.1. The van der Waals surface area contributed by atoms with Crippen molar-refractivity contribution in [3.8, 4) is 11.5 Å². The van der Waals surface area contributed by atoms with Crippen molar-refractivity contribution in [1.29, 1.82) is 0 Å². The normalized spacial score (nSPS) is 11.0. The molecule has 0 aliphatic heterocycles. The summed E-state index contributed by atoms with van der Waals surface area (Å²) in [6.07, 6.45) is 0. The maximum Gasteiger partial charge on any atom is 0.261 e. The highest BCUT2D eigenvalue weighted by Crippen LogP contribution is 2.23. The molecule has 1 amide bonds. The van der Waals surface area contributed by atoms with E-state index in [0.717, 1.165) is 16.9 Å². The Morgan fingerprint density at radius 1 is 1.00 bits per heavy atom. The van der Waals surface area contributed by atoms with E-state index < -0.39 is 10.0 Å². The summed E-state index contributed by atoms with van der Waals surface area (Å²) in [5.41, 5.74) is 2.81. The first-order chi connectivity index (χ1) is 15.7. The molecule has 1 N–H and O–H groups in total. The summed E-state index contributed by atoms with van der Waals surface area (Å²) in [7, 11) is -0.447. The summed E-state index contributed by atoms with van der Waals surface area (Å²) in [4.78, 5) is 14.6. The molecular weight excluding hydrogens is 440 g/mol. The van der Waals surface area contributed by atoms with Crippen LogP contribution in [0.3, 0.4) is 0 Å². The van der Waals surface area contributed by atoms with Crippen LogP contribution in [-0.2, 0) is 16.6 Å². The van der Waals surface area contributed by atoms with Crippen molar-refractivity contribution in [2.45, 2.75) is 25.3 Å². The molecule has 8 heteroatoms. The van der Waals surface area contributed by atoms with E-state index in [9.17, 15) is 13.2 Å². The van der Waals surface area contributed by atoms with Crippen LogP contribution in [0.2, 0.25) is 0 Å². The van der Waals surface area contributed by atoms with Crippen LogP contribution in [0.5, 0.6) is 11.5 Å². The van der Waals surface area contributed by atoms with Crippen LogP contribution in [0.15, 0.2) is 71.6 Å². The molecule has 0 aromatic heterocycles. The Hall–Kier alpha value is -3.52. The number of hydrogen-bond acceptors (Lipinski definition) is 5. The second-order valence-corrected chi connectivity index (χ2v) is 9.25. The van der Waals surface area contributed by atoms with Crippen molar-refractivity contribution >= 4 is 21.6 Å². The molecule has 174 valence electrons. The van der Waals surface area contributed by atoms with Crippen molar-refractivity contribution in [2.24, 2.45) is 0 Å². The summed E-state index contributed by atoms with van der Waals surface area (Å²) >= 11 is 0. The minimum atomic E-state index is -3.76. The van der Waals surface area contributed by atoms with E-state index in [1.807, 2.05) is 32.0 Å². The fourth-order valence-electron chi connectivity index (χ4n) is 3.36. The predicted molar refractivity (Wildman–Crippen MR) is 128 cm³/mol. The smallest absolute Gasteiger partial charge is 0.261 e. The van der Waals surface area contributed by atoms with Crippen molar-refractivity contribution in [2.75, 3.05) is 25.5 Å². The quantitative estimate of drug-likeness (QED) is 0.501. The molecule has 0 saturated carbocycles. The second kappa shape index (κ2) is 10.4. The van der Waals surface area contributed by atoms with Crippen LogP contribution in [0, 0.1) is 6.92 Å². The van der Waals surface area contributed by atoms with Gasteiger partial charge in [-0.05, 0) is 68.4 Å². The van der Waals surface area contributed by atoms with Gasteiger partial charge in [0.15, 0.2) is 0 Å². The number of nitrogens with zero attached hydrogens (tertiary/aromatic N) is 1. The molecule has 0 fully saturated rings. The highest BCUT2D eigenvalue weighted by Gasteiger charge is 2.17. The van der Waals surface area contributed by atoms with Gasteiger partial charge < -0.3 is 14.4 Å². The highest BCUT2D eigenvalue weighted by atomic mass is 32.2. The van der Waals surface area contributed by atoms with Gasteiger partial charge >= 0.3 is 0 Å². The van der Waals surface area contributed by atoms with Crippen LogP contribution in [0.25, 0.3) is 0 Å². The van der Waals surface area contributed by atoms with E-state index >= 15 is 0 Å². The minimum Gasteiger partial charge on any atom is -0.496 e. The number of ether oxygens (including phenoxy) is 2. The third-order valence-electron chi connectivity index (χ3n) is 5.02. The molecule has 0 radical (unpaired) electrons. The third kappa shape index (κ3) is 6.04. The zero-order valence-electron chi connectivity index (χ0n) is 19.2. The van der Waals surface area contributed by atoms with Crippen LogP contribution in [-0.4, -0.2) is 40.0 Å². The van der Waals surface area contributed by atoms with Gasteiger partial charge in [-0.2, -0.15) is 0 Å². The first-order valence-corrected chi connectivity index (χ1v) is 12.0. The van der Waals surface area contributed by atoms with E-state index in [1.54, 1.807) is 55.5 Å². The molecule has 3 aromatic rings. The summed E-state index contributed by atoms with van der Waals surface area (Å²) in [6.45, 7) is 4.73. The number of amides is 1. The van der Waals surface area contributed by atoms with Gasteiger partial charge in [0.2, 0.25) is 0 Å². The van der Waals surface area contributed by atoms with E-state index in [4.69, 9.17) is 9.47 Å². The van der Waals surface area contributed by atoms with Crippen molar-refractivity contribution in [3.05, 3.63) is 83.4 Å². The number of aryl methyl sites for hydroxylation is 1. The summed E-state index contributed by atoms with van der Waals surface area (Å²) in [5.74, 6) is 1.14. The summed E-state index contributed by atoms with van der Waals surface area (Å²) in [5, 5.41) is 0. The van der Waals surface area contributed by atoms with Gasteiger partial charge in [0.25, 0.3) is 15.9 Å². The SMILES string of the molecule is CCOc1ccc(S(=O)(=O)Nc2ccc(C(=O)N(C)Cc3cc(C)ccc3OC)cc2)cc1. The predicted octanol–water partition coefficient (Wildman–Crippen LogP) is 4.48. The van der Waals surface area contributed by atoms with Gasteiger partial charge in [-0.1, -0.05) is 17.7 Å². The lowest BCUT2D eigenvalue weighted by atomic mass is 10.1. The number of nitrogens with one attached hydrogen (secondary N) is 1. The standard InChI is InChI=1S/C25H28N2O5S/c1-5-32-22-11-13-23(14-12-22)33(29,30)26-21-9-7-19(8-10-21)25(28)27(3)17-20-16-18(2)6-15-24(20)31-4/h6-16,26H,5,17H2,1-4H3. The molecule has 0 aliphatic rings. The number of rotatable bonds is 9. The van der Waals surface area contributed by atoms with Gasteiger partial charge in [-0.15, -0.1) is 0 Å². The fraction of sp³-hybridized carbons (Fsp3) is 0.240. The zero-order chi connectivity index (χ0) is 24.0. The third-order valence-corrected chi connectivity index (χ3v) is 6.42. The lowest BCUT2D eigenvalue weighted by Crippen LogP contribution is -2.26. The highest BCUT2D eigenvalue weighted by molar-refractivity contribution is 7.92. The lowest BCUT2D eigenvalue weighted by Gasteiger charge is -2.19. The Labute approximate surface area is 195 Å². The topological polar surface area (TPSA) is 84.9 Å². The van der Waals surface area contributed by atoms with E-state index in [1.165, 1.54) is 12.1 Å². The molecule has 0 bridgehead atoms. The van der Waals surface area contributed by atoms with E-state index in [2.05, 4.69) is 4.72 Å². The van der Waals surface area contributed by atoms with Crippen LogP contribution >= 0.6 is 0 Å². The summed E-state index contributed by atoms with van der Waals surface area (Å²) < 4.78 is 38.6. The first-order valence-electron chi connectivity index (χ1n) is 10.5. The average molecular weight is 469 g/mol. The molecule has 33 heavy (non-hydrogen) atoms. The number of carbonyl (C=O) groups is 1. The Bertz CT molecular complexity index is 1210. The summed E-state index contributed by atoms with van der Waals surface area (Å²) in [6, 6.07) is 18.4. The Morgan fingerprint density at radius 3 is 2.27 bits per heavy atom. The Balaban J connectivity index is 1.69. The van der Waals surface area contributed by atoms with Crippen molar-refractivity contribution in [1.82, 2.24) is 4.90 Å². The van der Waals surface area contributed by atoms with Crippen LogP contribution in [0.1, 0.15) is 28.4 Å². The van der Waals surface area contributed by atoms with E-state index in [-0.39, 0.29) is 10.8 Å². The molecular formula is C25H28N2O5S. The Morgan fingerprint density at radius 2 is 1.67 bits per heavy atom. The molecule has 0 spiro atoms. The number of anilines is 1. The number of benzene rings is 3. The second-order valence-electron chi connectivity index (χ2n) is 7.56. The molecule has 3 rings (SSSR count). The molecule has 0 saturated heterocycles. The number of carbonyl (C=O) groups excluding carboxylic acids is 1. The van der Waals surface area contributed by atoms with Crippen molar-refractivity contribution < 1.29 is 22.7 Å². The van der Waals surface area contributed by atoms with Gasteiger partial charge in [-0.3, -0.25) is 9.52 Å². The molecule has 0 aliphatic carbocycles. The zero-order valence-corrected chi connectivity index (χ0v) is 20.0. The maximum absolute atomic E-state index is 12.9. The van der Waals surface area contributed by atoms with Gasteiger partial charge in [0.1, 0.15) is 11.5 Å². The van der Waals surface area contributed by atoms with Crippen molar-refractivity contribution in [3.63, 3.8) is 0 Å². The monoisotopic (exact) mass is 468 g/mol. The average Bonchev–Trinajstić information content (AvgIpc) is 2.79. The molecule has 7 nitrogen and oxygen atoms in total. The fourth-order valence-corrected chi connectivity index (χ4v) is 4.41. The van der Waals surface area contributed by atoms with Gasteiger partial charge in [-0.25, -0.2) is 8.42 Å². The molecule has 3 aromatic carbocycles. The Kier molecular flexibility index (Phi) is 7.60. The molecule has 0 unspecified atom stereocenters. The maximum atomic E-state index is 12.9. The van der Waals surface area contributed by atoms with Crippen LogP contribution < -0.4 is 14.2 Å². The minimum absolute atomic E-state index is 0.123. The van der Waals surface area contributed by atoms with E-state index in [0.29, 0.717) is 30.2 Å². The molecule has 0 heterocycles. The number of hydrogen-bond donors (Lipinski definition) is 1. The lowest BCUT2D eigenvalue weighted by molar-refractivity contribution is 0.0784. The van der Waals surface area contributed by atoms with Gasteiger partial charge in [0, 0.05) is 30.4 Å². The van der Waals surface area contributed by atoms with Crippen LogP contribution in [0.4, 0.5) is 5.69 Å². The molecule has 0 atom stereocenters. The number of methoxy groups -OCH3 is 1. The van der Waals surface area contributed by atoms with Gasteiger partial charge in [0.05, 0.1) is 18.6 Å². The number of sulfonamides is 1. The largest absolute Gasteiger partial charge is 0.496 e.